The second kappa shape index (κ2) is 6.17. The molecule has 100 valence electrons. The number of hydrogen-bond donors (Lipinski definition) is 1. The number of rotatable bonds is 4. The van der Waals surface area contributed by atoms with E-state index in [4.69, 9.17) is 10.5 Å². The molecule has 0 unspecified atom stereocenters. The van der Waals surface area contributed by atoms with Crippen molar-refractivity contribution in [1.82, 2.24) is 0 Å². The van der Waals surface area contributed by atoms with Crippen molar-refractivity contribution >= 4 is 15.9 Å². The predicted octanol–water partition coefficient (Wildman–Crippen LogP) is 4.19. The second-order valence-corrected chi connectivity index (χ2v) is 5.30. The van der Waals surface area contributed by atoms with Crippen molar-refractivity contribution in [3.8, 4) is 5.75 Å². The van der Waals surface area contributed by atoms with E-state index in [-0.39, 0.29) is 18.5 Å². The Balaban J connectivity index is 2.04. The van der Waals surface area contributed by atoms with Crippen LogP contribution in [0.4, 0.5) is 4.39 Å². The van der Waals surface area contributed by atoms with Crippen LogP contribution >= 0.6 is 15.9 Å². The van der Waals surface area contributed by atoms with Gasteiger partial charge in [-0.25, -0.2) is 4.39 Å². The molecule has 0 heterocycles. The van der Waals surface area contributed by atoms with Crippen LogP contribution in [0.25, 0.3) is 0 Å². The molecule has 19 heavy (non-hydrogen) atoms. The number of benzene rings is 2. The maximum absolute atomic E-state index is 13.5. The molecule has 0 fully saturated rings. The minimum absolute atomic E-state index is 0.00317. The molecule has 0 aliphatic carbocycles. The Kier molecular flexibility index (Phi) is 4.56. The minimum atomic E-state index is -0.268. The Bertz CT molecular complexity index is 555. The molecule has 0 saturated carbocycles. The molecule has 0 bridgehead atoms. The fourth-order valence-corrected chi connectivity index (χ4v) is 2.09. The lowest BCUT2D eigenvalue weighted by atomic mass is 10.1. The summed E-state index contributed by atoms with van der Waals surface area (Å²) in [5.41, 5.74) is 7.33. The van der Waals surface area contributed by atoms with Gasteiger partial charge < -0.3 is 10.5 Å². The first-order chi connectivity index (χ1) is 9.06. The normalized spacial score (nSPS) is 12.2. The average Bonchev–Trinajstić information content (AvgIpc) is 2.40. The molecule has 0 saturated heterocycles. The Morgan fingerprint density at radius 2 is 1.89 bits per heavy atom. The summed E-state index contributed by atoms with van der Waals surface area (Å²) in [6, 6.07) is 12.3. The molecule has 2 nitrogen and oxygen atoms in total. The number of hydrogen-bond acceptors (Lipinski definition) is 2. The van der Waals surface area contributed by atoms with E-state index in [0.717, 1.165) is 10.0 Å². The molecule has 4 heteroatoms. The van der Waals surface area contributed by atoms with Crippen LogP contribution in [0.1, 0.15) is 24.1 Å². The zero-order valence-electron chi connectivity index (χ0n) is 10.6. The predicted molar refractivity (Wildman–Crippen MR) is 77.5 cm³/mol. The summed E-state index contributed by atoms with van der Waals surface area (Å²) < 4.78 is 19.9. The fourth-order valence-electron chi connectivity index (χ4n) is 1.68. The Morgan fingerprint density at radius 1 is 1.21 bits per heavy atom. The zero-order valence-corrected chi connectivity index (χ0v) is 12.2. The molecule has 0 aromatic heterocycles. The summed E-state index contributed by atoms with van der Waals surface area (Å²) in [6.45, 7) is 2.12. The molecule has 0 aliphatic rings. The molecule has 0 radical (unpaired) electrons. The number of ether oxygens (including phenoxy) is 1. The van der Waals surface area contributed by atoms with Gasteiger partial charge in [-0.05, 0) is 42.8 Å². The lowest BCUT2D eigenvalue weighted by Crippen LogP contribution is -2.04. The van der Waals surface area contributed by atoms with Crippen molar-refractivity contribution in [3.63, 3.8) is 0 Å². The highest BCUT2D eigenvalue weighted by atomic mass is 79.9. The van der Waals surface area contributed by atoms with Crippen LogP contribution in [-0.2, 0) is 6.61 Å². The lowest BCUT2D eigenvalue weighted by molar-refractivity contribution is 0.299. The van der Waals surface area contributed by atoms with Gasteiger partial charge >= 0.3 is 0 Å². The summed E-state index contributed by atoms with van der Waals surface area (Å²) in [5.74, 6) is 0.430. The van der Waals surface area contributed by atoms with Gasteiger partial charge in [0.1, 0.15) is 18.2 Å². The Morgan fingerprint density at radius 3 is 2.53 bits per heavy atom. The van der Waals surface area contributed by atoms with Crippen molar-refractivity contribution in [2.75, 3.05) is 0 Å². The van der Waals surface area contributed by atoms with E-state index >= 15 is 0 Å². The van der Waals surface area contributed by atoms with Crippen LogP contribution < -0.4 is 10.5 Å². The first-order valence-corrected chi connectivity index (χ1v) is 6.78. The highest BCUT2D eigenvalue weighted by Crippen LogP contribution is 2.20. The highest BCUT2D eigenvalue weighted by molar-refractivity contribution is 9.10. The monoisotopic (exact) mass is 323 g/mol. The molecular formula is C15H15BrFNO. The van der Waals surface area contributed by atoms with Gasteiger partial charge in [-0.1, -0.05) is 28.1 Å². The maximum Gasteiger partial charge on any atom is 0.129 e. The van der Waals surface area contributed by atoms with Gasteiger partial charge in [-0.3, -0.25) is 0 Å². The molecule has 0 aliphatic heterocycles. The molecule has 2 aromatic carbocycles. The van der Waals surface area contributed by atoms with Gasteiger partial charge in [0.15, 0.2) is 0 Å². The van der Waals surface area contributed by atoms with Gasteiger partial charge in [0.2, 0.25) is 0 Å². The highest BCUT2D eigenvalue weighted by Gasteiger charge is 2.04. The van der Waals surface area contributed by atoms with Crippen molar-refractivity contribution in [2.45, 2.75) is 19.6 Å². The summed E-state index contributed by atoms with van der Waals surface area (Å²) >= 11 is 3.31. The van der Waals surface area contributed by atoms with Crippen LogP contribution in [0.2, 0.25) is 0 Å². The quantitative estimate of drug-likeness (QED) is 0.915. The standard InChI is InChI=1S/C15H15BrFNO/c1-10(18)11-2-5-14(6-3-11)19-9-12-8-13(16)4-7-15(12)17/h2-8,10H,9,18H2,1H3/t10-/m0/s1. The van der Waals surface area contributed by atoms with E-state index < -0.39 is 0 Å². The lowest BCUT2D eigenvalue weighted by Gasteiger charge is -2.09. The molecule has 1 atom stereocenters. The van der Waals surface area contributed by atoms with Gasteiger partial charge in [0.05, 0.1) is 0 Å². The molecule has 2 rings (SSSR count). The van der Waals surface area contributed by atoms with Crippen LogP contribution in [-0.4, -0.2) is 0 Å². The van der Waals surface area contributed by atoms with E-state index in [1.54, 1.807) is 12.1 Å². The van der Waals surface area contributed by atoms with Crippen LogP contribution in [0.15, 0.2) is 46.9 Å². The number of halogens is 2. The largest absolute Gasteiger partial charge is 0.489 e. The third-order valence-corrected chi connectivity index (χ3v) is 3.30. The molecular weight excluding hydrogens is 309 g/mol. The molecule has 0 amide bonds. The summed E-state index contributed by atoms with van der Waals surface area (Å²) in [4.78, 5) is 0. The average molecular weight is 324 g/mol. The fraction of sp³-hybridized carbons (Fsp3) is 0.200. The van der Waals surface area contributed by atoms with Crippen molar-refractivity contribution in [2.24, 2.45) is 5.73 Å². The summed E-state index contributed by atoms with van der Waals surface area (Å²) in [5, 5.41) is 0. The Hall–Kier alpha value is -1.39. The van der Waals surface area contributed by atoms with E-state index in [0.29, 0.717) is 11.3 Å². The maximum atomic E-state index is 13.5. The van der Waals surface area contributed by atoms with E-state index in [1.165, 1.54) is 6.07 Å². The van der Waals surface area contributed by atoms with E-state index in [2.05, 4.69) is 15.9 Å². The van der Waals surface area contributed by atoms with E-state index in [1.807, 2.05) is 31.2 Å². The topological polar surface area (TPSA) is 35.2 Å². The van der Waals surface area contributed by atoms with Crippen LogP contribution in [0.5, 0.6) is 5.75 Å². The third kappa shape index (κ3) is 3.78. The smallest absolute Gasteiger partial charge is 0.129 e. The van der Waals surface area contributed by atoms with Gasteiger partial charge in [-0.2, -0.15) is 0 Å². The van der Waals surface area contributed by atoms with Gasteiger partial charge in [0, 0.05) is 16.1 Å². The molecule has 2 aromatic rings. The van der Waals surface area contributed by atoms with Crippen molar-refractivity contribution in [3.05, 3.63) is 63.9 Å². The zero-order chi connectivity index (χ0) is 13.8. The van der Waals surface area contributed by atoms with Crippen LogP contribution in [0, 0.1) is 5.82 Å². The molecule has 2 N–H and O–H groups in total. The SMILES string of the molecule is C[C@H](N)c1ccc(OCc2cc(Br)ccc2F)cc1. The first-order valence-electron chi connectivity index (χ1n) is 5.98. The van der Waals surface area contributed by atoms with Crippen molar-refractivity contribution < 1.29 is 9.13 Å². The van der Waals surface area contributed by atoms with Crippen LogP contribution in [0.3, 0.4) is 0 Å². The number of nitrogens with two attached hydrogens (primary N) is 1. The van der Waals surface area contributed by atoms with Gasteiger partial charge in [0.25, 0.3) is 0 Å². The summed E-state index contributed by atoms with van der Waals surface area (Å²) in [6.07, 6.45) is 0. The van der Waals surface area contributed by atoms with E-state index in [9.17, 15) is 4.39 Å². The minimum Gasteiger partial charge on any atom is -0.489 e. The van der Waals surface area contributed by atoms with Gasteiger partial charge in [-0.15, -0.1) is 0 Å². The Labute approximate surface area is 120 Å². The van der Waals surface area contributed by atoms with Crippen molar-refractivity contribution in [1.29, 1.82) is 0 Å². The summed E-state index contributed by atoms with van der Waals surface area (Å²) in [7, 11) is 0. The first kappa shape index (κ1) is 14.0. The molecule has 0 spiro atoms. The third-order valence-electron chi connectivity index (χ3n) is 2.81. The second-order valence-electron chi connectivity index (χ2n) is 4.38.